The van der Waals surface area contributed by atoms with Crippen molar-refractivity contribution in [3.63, 3.8) is 0 Å². The predicted octanol–water partition coefficient (Wildman–Crippen LogP) is 6.65. The van der Waals surface area contributed by atoms with Crippen LogP contribution in [-0.4, -0.2) is 17.9 Å². The van der Waals surface area contributed by atoms with Crippen LogP contribution in [0.5, 0.6) is 0 Å². The summed E-state index contributed by atoms with van der Waals surface area (Å²) in [6.45, 7) is 0. The zero-order chi connectivity index (χ0) is 23.7. The average molecular weight is 473 g/mol. The summed E-state index contributed by atoms with van der Waals surface area (Å²) in [5, 5.41) is 0.397. The molecule has 3 aromatic rings. The van der Waals surface area contributed by atoms with Crippen molar-refractivity contribution < 1.29 is 31.1 Å². The van der Waals surface area contributed by atoms with Gasteiger partial charge in [0.05, 0.1) is 29.4 Å². The molecule has 0 aliphatic rings. The van der Waals surface area contributed by atoms with Crippen LogP contribution in [0.3, 0.4) is 0 Å². The van der Waals surface area contributed by atoms with Crippen LogP contribution >= 0.6 is 11.6 Å². The van der Waals surface area contributed by atoms with E-state index in [4.69, 9.17) is 11.6 Å². The molecule has 10 heteroatoms. The van der Waals surface area contributed by atoms with E-state index in [0.717, 1.165) is 4.90 Å². The Morgan fingerprint density at radius 3 is 2.09 bits per heavy atom. The van der Waals surface area contributed by atoms with E-state index in [-0.39, 0.29) is 6.07 Å². The summed E-state index contributed by atoms with van der Waals surface area (Å²) in [4.78, 5) is 17.9. The Kier molecular flexibility index (Phi) is 6.50. The van der Waals surface area contributed by atoms with Crippen LogP contribution in [0.2, 0.25) is 5.02 Å². The average Bonchev–Trinajstić information content (AvgIpc) is 2.72. The number of aromatic nitrogens is 1. The zero-order valence-electron chi connectivity index (χ0n) is 16.4. The Morgan fingerprint density at radius 2 is 1.53 bits per heavy atom. The van der Waals surface area contributed by atoms with Crippen molar-refractivity contribution in [3.05, 3.63) is 82.6 Å². The molecule has 1 heterocycles. The second-order valence-electron chi connectivity index (χ2n) is 6.92. The molecule has 0 aliphatic carbocycles. The van der Waals surface area contributed by atoms with Gasteiger partial charge in [-0.1, -0.05) is 29.8 Å². The van der Waals surface area contributed by atoms with Gasteiger partial charge in [0.15, 0.2) is 0 Å². The van der Waals surface area contributed by atoms with Gasteiger partial charge >= 0.3 is 12.4 Å². The molecule has 0 spiro atoms. The molecule has 0 radical (unpaired) electrons. The Bertz CT molecular complexity index is 1110. The maximum Gasteiger partial charge on any atom is 0.416 e. The van der Waals surface area contributed by atoms with Crippen LogP contribution in [0.25, 0.3) is 11.1 Å². The first-order chi connectivity index (χ1) is 14.9. The molecule has 168 valence electrons. The summed E-state index contributed by atoms with van der Waals surface area (Å²) in [7, 11) is 1.36. The highest BCUT2D eigenvalue weighted by Gasteiger charge is 2.37. The van der Waals surface area contributed by atoms with Gasteiger partial charge in [-0.2, -0.15) is 26.3 Å². The molecule has 0 atom stereocenters. The van der Waals surface area contributed by atoms with Crippen molar-refractivity contribution in [1.82, 2.24) is 4.98 Å². The highest BCUT2D eigenvalue weighted by molar-refractivity contribution is 6.33. The van der Waals surface area contributed by atoms with Gasteiger partial charge in [0.1, 0.15) is 0 Å². The minimum Gasteiger partial charge on any atom is -0.313 e. The van der Waals surface area contributed by atoms with Crippen molar-refractivity contribution >= 4 is 23.2 Å². The van der Waals surface area contributed by atoms with E-state index in [9.17, 15) is 31.1 Å². The third kappa shape index (κ3) is 5.21. The summed E-state index contributed by atoms with van der Waals surface area (Å²) >= 11 is 6.23. The van der Waals surface area contributed by atoms with E-state index in [1.165, 1.54) is 19.4 Å². The fourth-order valence-corrected chi connectivity index (χ4v) is 3.35. The van der Waals surface area contributed by atoms with Crippen LogP contribution in [0, 0.1) is 0 Å². The molecule has 0 saturated heterocycles. The molecular formula is C22H15ClF6N2O. The molecule has 32 heavy (non-hydrogen) atoms. The lowest BCUT2D eigenvalue weighted by atomic mass is 10.0. The SMILES string of the molecule is CN(C(=O)Cc1cc(C(F)(F)F)cc(C(F)(F)F)c1)c1cnccc1-c1ccccc1Cl. The Morgan fingerprint density at radius 1 is 0.938 bits per heavy atom. The Labute approximate surface area is 184 Å². The molecule has 3 rings (SSSR count). The van der Waals surface area contributed by atoms with E-state index in [1.807, 2.05) is 0 Å². The maximum absolute atomic E-state index is 13.1. The predicted molar refractivity (Wildman–Crippen MR) is 108 cm³/mol. The van der Waals surface area contributed by atoms with Crippen molar-refractivity contribution in [2.75, 3.05) is 11.9 Å². The van der Waals surface area contributed by atoms with Crippen LogP contribution in [0.4, 0.5) is 32.0 Å². The van der Waals surface area contributed by atoms with Crippen molar-refractivity contribution in [1.29, 1.82) is 0 Å². The number of rotatable bonds is 4. The summed E-state index contributed by atoms with van der Waals surface area (Å²) in [6.07, 6.45) is -7.83. The topological polar surface area (TPSA) is 33.2 Å². The number of likely N-dealkylation sites (N-methyl/N-ethyl adjacent to an activating group) is 1. The third-order valence-electron chi connectivity index (χ3n) is 4.70. The summed E-state index contributed by atoms with van der Waals surface area (Å²) in [5.74, 6) is -0.723. The highest BCUT2D eigenvalue weighted by atomic mass is 35.5. The van der Waals surface area contributed by atoms with Crippen LogP contribution < -0.4 is 4.90 Å². The number of pyridine rings is 1. The minimum atomic E-state index is -4.99. The molecule has 1 amide bonds. The summed E-state index contributed by atoms with van der Waals surface area (Å²) in [5.41, 5.74) is -1.95. The standard InChI is InChI=1S/C22H15ClF6N2O/c1-31(19-12-30-7-6-17(19)16-4-2-3-5-18(16)23)20(32)10-13-8-14(21(24,25)26)11-15(9-13)22(27,28)29/h2-9,11-12H,10H2,1H3. The zero-order valence-corrected chi connectivity index (χ0v) is 17.2. The second kappa shape index (κ2) is 8.82. The van der Waals surface area contributed by atoms with Gasteiger partial charge < -0.3 is 4.90 Å². The second-order valence-corrected chi connectivity index (χ2v) is 7.32. The van der Waals surface area contributed by atoms with Gasteiger partial charge in [-0.05, 0) is 35.9 Å². The van der Waals surface area contributed by atoms with Crippen molar-refractivity contribution in [2.24, 2.45) is 0 Å². The number of alkyl halides is 6. The molecule has 0 N–H and O–H groups in total. The number of hydrogen-bond donors (Lipinski definition) is 0. The quantitative estimate of drug-likeness (QED) is 0.398. The Hall–Kier alpha value is -3.07. The van der Waals surface area contributed by atoms with Gasteiger partial charge in [0, 0.05) is 29.4 Å². The van der Waals surface area contributed by atoms with Crippen LogP contribution in [0.1, 0.15) is 16.7 Å². The number of carbonyl (C=O) groups is 1. The highest BCUT2D eigenvalue weighted by Crippen LogP contribution is 2.37. The van der Waals surface area contributed by atoms with Gasteiger partial charge in [-0.25, -0.2) is 0 Å². The van der Waals surface area contributed by atoms with Crippen LogP contribution in [0.15, 0.2) is 60.9 Å². The first kappa shape index (κ1) is 23.6. The monoisotopic (exact) mass is 472 g/mol. The molecule has 0 unspecified atom stereocenters. The fraction of sp³-hybridized carbons (Fsp3) is 0.182. The van der Waals surface area contributed by atoms with E-state index in [1.54, 1.807) is 30.3 Å². The first-order valence-corrected chi connectivity index (χ1v) is 9.49. The number of hydrogen-bond acceptors (Lipinski definition) is 2. The van der Waals surface area contributed by atoms with E-state index < -0.39 is 41.4 Å². The van der Waals surface area contributed by atoms with Gasteiger partial charge in [0.25, 0.3) is 0 Å². The molecule has 0 bridgehead atoms. The normalized spacial score (nSPS) is 12.0. The van der Waals surface area contributed by atoms with E-state index in [2.05, 4.69) is 4.98 Å². The minimum absolute atomic E-state index is 0.0221. The molecule has 2 aromatic carbocycles. The molecule has 0 fully saturated rings. The third-order valence-corrected chi connectivity index (χ3v) is 5.03. The number of anilines is 1. The van der Waals surface area contributed by atoms with Crippen molar-refractivity contribution in [3.8, 4) is 11.1 Å². The number of halogens is 7. The van der Waals surface area contributed by atoms with Gasteiger partial charge in [-0.3, -0.25) is 9.78 Å². The summed E-state index contributed by atoms with van der Waals surface area (Å²) in [6, 6.07) is 9.51. The Balaban J connectivity index is 1.96. The molecule has 3 nitrogen and oxygen atoms in total. The lowest BCUT2D eigenvalue weighted by molar-refractivity contribution is -0.143. The van der Waals surface area contributed by atoms with Gasteiger partial charge in [0.2, 0.25) is 5.91 Å². The van der Waals surface area contributed by atoms with E-state index in [0.29, 0.717) is 34.0 Å². The first-order valence-electron chi connectivity index (χ1n) is 9.12. The molecule has 0 saturated carbocycles. The number of nitrogens with zero attached hydrogens (tertiary/aromatic N) is 2. The van der Waals surface area contributed by atoms with Crippen LogP contribution in [-0.2, 0) is 23.6 Å². The molecule has 0 aliphatic heterocycles. The van der Waals surface area contributed by atoms with Crippen molar-refractivity contribution in [2.45, 2.75) is 18.8 Å². The number of benzene rings is 2. The fourth-order valence-electron chi connectivity index (χ4n) is 3.11. The largest absolute Gasteiger partial charge is 0.416 e. The number of amides is 1. The smallest absolute Gasteiger partial charge is 0.313 e. The lowest BCUT2D eigenvalue weighted by Gasteiger charge is -2.21. The molecule has 1 aromatic heterocycles. The number of carbonyl (C=O) groups excluding carboxylic acids is 1. The summed E-state index contributed by atoms with van der Waals surface area (Å²) < 4.78 is 78.6. The molecular weight excluding hydrogens is 458 g/mol. The van der Waals surface area contributed by atoms with Gasteiger partial charge in [-0.15, -0.1) is 0 Å². The van der Waals surface area contributed by atoms with E-state index >= 15 is 0 Å². The maximum atomic E-state index is 13.1. The lowest BCUT2D eigenvalue weighted by Crippen LogP contribution is -2.28.